The Labute approximate surface area is 189 Å². The van der Waals surface area contributed by atoms with E-state index in [-0.39, 0.29) is 11.3 Å². The molecule has 0 spiro atoms. The van der Waals surface area contributed by atoms with Gasteiger partial charge in [-0.2, -0.15) is 10.2 Å². The number of carbonyl (C=O) groups is 2. The molecule has 1 heterocycles. The molecule has 0 radical (unpaired) electrons. The number of rotatable bonds is 6. The molecule has 0 bridgehead atoms. The van der Waals surface area contributed by atoms with Gasteiger partial charge in [0.2, 0.25) is 0 Å². The number of H-pyrrole nitrogens is 1. The number of carbonyl (C=O) groups excluding carboxylic acids is 2. The van der Waals surface area contributed by atoms with Gasteiger partial charge < -0.3 is 5.32 Å². The van der Waals surface area contributed by atoms with Gasteiger partial charge in [0.25, 0.3) is 17.4 Å². The third-order valence-electron chi connectivity index (χ3n) is 5.14. The highest BCUT2D eigenvalue weighted by Gasteiger charge is 2.27. The van der Waals surface area contributed by atoms with Crippen LogP contribution < -0.4 is 16.3 Å². The van der Waals surface area contributed by atoms with E-state index < -0.39 is 17.9 Å². The first-order chi connectivity index (χ1) is 16.0. The monoisotopic (exact) mass is 439 g/mol. The Kier molecular flexibility index (Phi) is 6.36. The summed E-state index contributed by atoms with van der Waals surface area (Å²) >= 11 is 0. The second-order valence-electron chi connectivity index (χ2n) is 7.35. The molecule has 0 saturated heterocycles. The van der Waals surface area contributed by atoms with Crippen LogP contribution in [0.1, 0.15) is 33.2 Å². The summed E-state index contributed by atoms with van der Waals surface area (Å²) in [6.07, 6.45) is 1.53. The first-order valence-electron chi connectivity index (χ1n) is 10.3. The van der Waals surface area contributed by atoms with Gasteiger partial charge in [-0.1, -0.05) is 60.7 Å². The van der Waals surface area contributed by atoms with E-state index in [1.54, 1.807) is 54.6 Å². The van der Waals surface area contributed by atoms with Crippen molar-refractivity contribution in [1.82, 2.24) is 20.9 Å². The van der Waals surface area contributed by atoms with Crippen LogP contribution in [0, 0.1) is 6.92 Å². The summed E-state index contributed by atoms with van der Waals surface area (Å²) in [6.45, 7) is 1.93. The molecule has 4 rings (SSSR count). The Morgan fingerprint density at radius 2 is 1.61 bits per heavy atom. The van der Waals surface area contributed by atoms with Gasteiger partial charge in [0, 0.05) is 10.9 Å². The van der Waals surface area contributed by atoms with Crippen LogP contribution in [0.3, 0.4) is 0 Å². The van der Waals surface area contributed by atoms with Gasteiger partial charge in [-0.05, 0) is 36.2 Å². The quantitative estimate of drug-likeness (QED) is 0.316. The van der Waals surface area contributed by atoms with Crippen LogP contribution in [0.5, 0.6) is 0 Å². The summed E-state index contributed by atoms with van der Waals surface area (Å²) in [6, 6.07) is 21.7. The molecule has 8 heteroatoms. The molecule has 0 aliphatic heterocycles. The first-order valence-corrected chi connectivity index (χ1v) is 10.3. The highest BCUT2D eigenvalue weighted by Crippen LogP contribution is 2.20. The molecule has 2 amide bonds. The van der Waals surface area contributed by atoms with Gasteiger partial charge in [-0.15, -0.1) is 0 Å². The Bertz CT molecular complexity index is 1400. The number of hydrogen-bond donors (Lipinski definition) is 3. The van der Waals surface area contributed by atoms with Crippen molar-refractivity contribution in [3.8, 4) is 0 Å². The number of benzene rings is 3. The van der Waals surface area contributed by atoms with Gasteiger partial charge in [0.15, 0.2) is 6.04 Å². The lowest BCUT2D eigenvalue weighted by molar-refractivity contribution is -0.123. The van der Waals surface area contributed by atoms with Crippen LogP contribution in [0.25, 0.3) is 10.8 Å². The predicted octanol–water partition coefficient (Wildman–Crippen LogP) is 2.85. The second kappa shape index (κ2) is 9.69. The van der Waals surface area contributed by atoms with Crippen molar-refractivity contribution in [1.29, 1.82) is 0 Å². The van der Waals surface area contributed by atoms with Gasteiger partial charge in [0.05, 0.1) is 11.6 Å². The van der Waals surface area contributed by atoms with Gasteiger partial charge in [0.1, 0.15) is 5.69 Å². The topological polar surface area (TPSA) is 116 Å². The minimum absolute atomic E-state index is 0.207. The smallest absolute Gasteiger partial charge is 0.272 e. The lowest BCUT2D eigenvalue weighted by Gasteiger charge is -2.18. The maximum Gasteiger partial charge on any atom is 0.272 e. The molecule has 0 fully saturated rings. The van der Waals surface area contributed by atoms with Gasteiger partial charge in [-0.25, -0.2) is 10.5 Å². The summed E-state index contributed by atoms with van der Waals surface area (Å²) in [5, 5.41) is 14.1. The molecule has 33 heavy (non-hydrogen) atoms. The van der Waals surface area contributed by atoms with E-state index in [2.05, 4.69) is 26.0 Å². The molecule has 1 aromatic heterocycles. The van der Waals surface area contributed by atoms with Crippen molar-refractivity contribution in [3.05, 3.63) is 112 Å². The zero-order valence-corrected chi connectivity index (χ0v) is 17.8. The van der Waals surface area contributed by atoms with Crippen LogP contribution in [-0.2, 0) is 4.79 Å². The molecule has 0 saturated carbocycles. The number of hydrogen-bond acceptors (Lipinski definition) is 5. The second-order valence-corrected chi connectivity index (χ2v) is 7.35. The minimum Gasteiger partial charge on any atom is -0.335 e. The molecular weight excluding hydrogens is 418 g/mol. The van der Waals surface area contributed by atoms with Crippen molar-refractivity contribution >= 4 is 28.8 Å². The molecule has 8 nitrogen and oxygen atoms in total. The fourth-order valence-corrected chi connectivity index (χ4v) is 3.38. The van der Waals surface area contributed by atoms with E-state index in [1.807, 2.05) is 31.2 Å². The maximum absolute atomic E-state index is 13.1. The summed E-state index contributed by atoms with van der Waals surface area (Å²) in [5.74, 6) is -1.07. The summed E-state index contributed by atoms with van der Waals surface area (Å²) < 4.78 is 0. The van der Waals surface area contributed by atoms with Crippen molar-refractivity contribution < 1.29 is 9.59 Å². The van der Waals surface area contributed by atoms with Crippen LogP contribution in [-0.4, -0.2) is 28.2 Å². The van der Waals surface area contributed by atoms with Crippen molar-refractivity contribution in [3.63, 3.8) is 0 Å². The van der Waals surface area contributed by atoms with Crippen LogP contribution in [0.2, 0.25) is 0 Å². The number of aryl methyl sites for hydroxylation is 1. The third-order valence-corrected chi connectivity index (χ3v) is 5.14. The largest absolute Gasteiger partial charge is 0.335 e. The zero-order valence-electron chi connectivity index (χ0n) is 17.8. The van der Waals surface area contributed by atoms with Crippen molar-refractivity contribution in [2.24, 2.45) is 5.10 Å². The molecular formula is C25H21N5O3. The number of fused-ring (bicyclic) bond motifs is 1. The molecule has 3 N–H and O–H groups in total. The normalized spacial score (nSPS) is 11.9. The Hall–Kier alpha value is -4.59. The number of aromatic amines is 1. The summed E-state index contributed by atoms with van der Waals surface area (Å²) in [4.78, 5) is 38.2. The Balaban J connectivity index is 1.68. The maximum atomic E-state index is 13.1. The SMILES string of the molecule is Cc1ccccc1C=NNC(=O)[C@H](NC(=O)c1ccccc1)c1n[nH]c(=O)c2ccccc12. The molecule has 1 atom stereocenters. The van der Waals surface area contributed by atoms with Crippen molar-refractivity contribution in [2.75, 3.05) is 0 Å². The van der Waals surface area contributed by atoms with E-state index in [0.717, 1.165) is 11.1 Å². The van der Waals surface area contributed by atoms with E-state index in [1.165, 1.54) is 6.21 Å². The van der Waals surface area contributed by atoms with E-state index in [0.29, 0.717) is 16.3 Å². The third kappa shape index (κ3) is 4.85. The fourth-order valence-electron chi connectivity index (χ4n) is 3.38. The number of hydrazone groups is 1. The average Bonchev–Trinajstić information content (AvgIpc) is 2.85. The van der Waals surface area contributed by atoms with E-state index in [9.17, 15) is 14.4 Å². The lowest BCUT2D eigenvalue weighted by Crippen LogP contribution is -2.40. The molecule has 0 unspecified atom stereocenters. The first kappa shape index (κ1) is 21.6. The van der Waals surface area contributed by atoms with Gasteiger partial charge >= 0.3 is 0 Å². The Morgan fingerprint density at radius 3 is 2.36 bits per heavy atom. The molecule has 0 aliphatic rings. The standard InChI is InChI=1S/C25H21N5O3/c1-16-9-5-6-12-18(16)15-26-29-25(33)22(27-23(31)17-10-3-2-4-11-17)21-19-13-7-8-14-20(19)24(32)30-28-21/h2-15,22H,1H3,(H,27,31)(H,29,33)(H,30,32)/t22-/m1/s1. The number of nitrogens with zero attached hydrogens (tertiary/aromatic N) is 2. The molecule has 3 aromatic carbocycles. The number of nitrogens with one attached hydrogen (secondary N) is 3. The van der Waals surface area contributed by atoms with Crippen LogP contribution >= 0.6 is 0 Å². The van der Waals surface area contributed by atoms with E-state index in [4.69, 9.17) is 0 Å². The summed E-state index contributed by atoms with van der Waals surface area (Å²) in [7, 11) is 0. The minimum atomic E-state index is -1.20. The number of aromatic nitrogens is 2. The fraction of sp³-hybridized carbons (Fsp3) is 0.0800. The zero-order chi connectivity index (χ0) is 23.2. The average molecular weight is 439 g/mol. The molecule has 0 aliphatic carbocycles. The Morgan fingerprint density at radius 1 is 0.939 bits per heavy atom. The molecule has 4 aromatic rings. The van der Waals surface area contributed by atoms with E-state index >= 15 is 0 Å². The highest BCUT2D eigenvalue weighted by molar-refractivity contribution is 5.99. The predicted molar refractivity (Wildman–Crippen MR) is 126 cm³/mol. The van der Waals surface area contributed by atoms with Crippen LogP contribution in [0.15, 0.2) is 88.8 Å². The van der Waals surface area contributed by atoms with Crippen LogP contribution in [0.4, 0.5) is 0 Å². The van der Waals surface area contributed by atoms with Gasteiger partial charge in [-0.3, -0.25) is 14.4 Å². The summed E-state index contributed by atoms with van der Waals surface area (Å²) in [5.41, 5.74) is 4.52. The number of amides is 2. The van der Waals surface area contributed by atoms with Crippen molar-refractivity contribution in [2.45, 2.75) is 13.0 Å². The molecule has 164 valence electrons. The highest BCUT2D eigenvalue weighted by atomic mass is 16.2. The lowest BCUT2D eigenvalue weighted by atomic mass is 10.0.